The molecule has 0 aliphatic carbocycles. The Labute approximate surface area is 67.7 Å². The zero-order chi connectivity index (χ0) is 7.98. The van der Waals surface area contributed by atoms with E-state index in [1.165, 1.54) is 5.56 Å². The molecule has 1 rings (SSSR count). The van der Waals surface area contributed by atoms with E-state index >= 15 is 0 Å². The van der Waals surface area contributed by atoms with Crippen molar-refractivity contribution in [3.63, 3.8) is 0 Å². The molecule has 0 bridgehead atoms. The molecule has 10 heavy (non-hydrogen) atoms. The number of hydrogen-bond donors (Lipinski definition) is 1. The van der Waals surface area contributed by atoms with Gasteiger partial charge in [-0.2, -0.15) is 0 Å². The molecular weight excluding hydrogens is 140 g/mol. The summed E-state index contributed by atoms with van der Waals surface area (Å²) in [6.07, 6.45) is 8.00. The van der Waals surface area contributed by atoms with Gasteiger partial charge in [-0.3, -0.25) is 0 Å². The first kappa shape index (κ1) is 9.13. The van der Waals surface area contributed by atoms with Gasteiger partial charge in [0.25, 0.3) is 0 Å². The summed E-state index contributed by atoms with van der Waals surface area (Å²) in [5.74, 6) is 0. The summed E-state index contributed by atoms with van der Waals surface area (Å²) < 4.78 is 0. The number of hydrogen-bond acceptors (Lipinski definition) is 1. The Balaban J connectivity index is 0.000000371. The van der Waals surface area contributed by atoms with Gasteiger partial charge < -0.3 is 0 Å². The van der Waals surface area contributed by atoms with Gasteiger partial charge in [0.2, 0.25) is 0 Å². The average molecular weight is 150 g/mol. The smallest absolute Gasteiger partial charge is 0.00692 e. The number of thiol groups is 1. The SMILES string of the molecule is C#C.Cc1ccccc1S. The summed E-state index contributed by atoms with van der Waals surface area (Å²) in [7, 11) is 0. The van der Waals surface area contributed by atoms with Gasteiger partial charge in [-0.1, -0.05) is 18.2 Å². The second-order valence-corrected chi connectivity index (χ2v) is 2.27. The first-order valence-electron chi connectivity index (χ1n) is 2.88. The van der Waals surface area contributed by atoms with Gasteiger partial charge in [-0.05, 0) is 18.6 Å². The third kappa shape index (κ3) is 2.61. The van der Waals surface area contributed by atoms with Crippen LogP contribution in [0.1, 0.15) is 5.56 Å². The van der Waals surface area contributed by atoms with E-state index in [0.717, 1.165) is 4.90 Å². The van der Waals surface area contributed by atoms with Crippen molar-refractivity contribution in [3.8, 4) is 12.8 Å². The molecule has 0 saturated heterocycles. The maximum Gasteiger partial charge on any atom is 0.00692 e. The maximum absolute atomic E-state index is 4.20. The Morgan fingerprint density at radius 3 is 2.00 bits per heavy atom. The molecule has 0 fully saturated rings. The topological polar surface area (TPSA) is 0 Å². The van der Waals surface area contributed by atoms with Crippen LogP contribution in [0.4, 0.5) is 0 Å². The standard InChI is InChI=1S/C7H8S.C2H2/c1-6-4-2-3-5-7(6)8;1-2/h2-5,8H,1H3;1-2H. The number of benzene rings is 1. The van der Waals surface area contributed by atoms with E-state index in [4.69, 9.17) is 0 Å². The van der Waals surface area contributed by atoms with Crippen LogP contribution in [0, 0.1) is 19.8 Å². The van der Waals surface area contributed by atoms with Crippen molar-refractivity contribution < 1.29 is 0 Å². The maximum atomic E-state index is 4.20. The van der Waals surface area contributed by atoms with E-state index in [0.29, 0.717) is 0 Å². The van der Waals surface area contributed by atoms with Crippen molar-refractivity contribution in [1.29, 1.82) is 0 Å². The summed E-state index contributed by atoms with van der Waals surface area (Å²) in [5, 5.41) is 0. The lowest BCUT2D eigenvalue weighted by Gasteiger charge is -1.92. The first-order chi connectivity index (χ1) is 4.80. The van der Waals surface area contributed by atoms with Gasteiger partial charge in [-0.25, -0.2) is 0 Å². The van der Waals surface area contributed by atoms with Crippen LogP contribution < -0.4 is 0 Å². The van der Waals surface area contributed by atoms with Gasteiger partial charge in [0.05, 0.1) is 0 Å². The highest BCUT2D eigenvalue weighted by Gasteiger charge is 1.84. The predicted molar refractivity (Wildman–Crippen MR) is 48.3 cm³/mol. The zero-order valence-electron chi connectivity index (χ0n) is 5.91. The minimum absolute atomic E-state index is 1.06. The van der Waals surface area contributed by atoms with Crippen molar-refractivity contribution >= 4 is 12.6 Å². The molecule has 0 atom stereocenters. The lowest BCUT2D eigenvalue weighted by atomic mass is 10.2. The van der Waals surface area contributed by atoms with Crippen LogP contribution in [-0.4, -0.2) is 0 Å². The van der Waals surface area contributed by atoms with Crippen LogP contribution in [0.5, 0.6) is 0 Å². The molecule has 0 aliphatic rings. The van der Waals surface area contributed by atoms with E-state index in [1.54, 1.807) is 0 Å². The lowest BCUT2D eigenvalue weighted by Crippen LogP contribution is -1.70. The van der Waals surface area contributed by atoms with Crippen LogP contribution >= 0.6 is 12.6 Å². The van der Waals surface area contributed by atoms with Gasteiger partial charge in [0.1, 0.15) is 0 Å². The molecule has 0 amide bonds. The highest BCUT2D eigenvalue weighted by Crippen LogP contribution is 2.09. The number of terminal acetylenes is 1. The second-order valence-electron chi connectivity index (χ2n) is 1.79. The summed E-state index contributed by atoms with van der Waals surface area (Å²) in [4.78, 5) is 1.06. The van der Waals surface area contributed by atoms with Crippen molar-refractivity contribution in [2.45, 2.75) is 11.8 Å². The predicted octanol–water partition coefficient (Wildman–Crippen LogP) is 2.53. The Kier molecular flexibility index (Phi) is 4.53. The molecule has 0 aromatic heterocycles. The van der Waals surface area contributed by atoms with E-state index in [-0.39, 0.29) is 0 Å². The summed E-state index contributed by atoms with van der Waals surface area (Å²) in [6, 6.07) is 8.02. The summed E-state index contributed by atoms with van der Waals surface area (Å²) >= 11 is 4.20. The molecule has 0 nitrogen and oxygen atoms in total. The van der Waals surface area contributed by atoms with Crippen molar-refractivity contribution in [3.05, 3.63) is 29.8 Å². The minimum Gasteiger partial charge on any atom is -0.143 e. The van der Waals surface area contributed by atoms with Crippen molar-refractivity contribution in [1.82, 2.24) is 0 Å². The Hall–Kier alpha value is -0.870. The molecule has 1 aromatic carbocycles. The molecule has 0 aliphatic heterocycles. The summed E-state index contributed by atoms with van der Waals surface area (Å²) in [6.45, 7) is 2.04. The highest BCUT2D eigenvalue weighted by molar-refractivity contribution is 7.80. The fraction of sp³-hybridized carbons (Fsp3) is 0.111. The third-order valence-corrected chi connectivity index (χ3v) is 1.62. The van der Waals surface area contributed by atoms with Crippen LogP contribution in [0.3, 0.4) is 0 Å². The molecule has 0 saturated carbocycles. The van der Waals surface area contributed by atoms with Crippen LogP contribution in [-0.2, 0) is 0 Å². The van der Waals surface area contributed by atoms with E-state index < -0.39 is 0 Å². The molecule has 0 unspecified atom stereocenters. The normalized spacial score (nSPS) is 7.60. The van der Waals surface area contributed by atoms with E-state index in [1.807, 2.05) is 31.2 Å². The van der Waals surface area contributed by atoms with E-state index in [2.05, 4.69) is 25.5 Å². The number of aryl methyl sites for hydroxylation is 1. The largest absolute Gasteiger partial charge is 0.143 e. The zero-order valence-corrected chi connectivity index (χ0v) is 6.81. The average Bonchev–Trinajstić information content (AvgIpc) is 2.00. The monoisotopic (exact) mass is 150 g/mol. The van der Waals surface area contributed by atoms with E-state index in [9.17, 15) is 0 Å². The van der Waals surface area contributed by atoms with Crippen LogP contribution in [0.25, 0.3) is 0 Å². The fourth-order valence-corrected chi connectivity index (χ4v) is 0.724. The quantitative estimate of drug-likeness (QED) is 0.426. The third-order valence-electron chi connectivity index (χ3n) is 1.12. The molecule has 1 aromatic rings. The minimum atomic E-state index is 1.06. The molecule has 0 N–H and O–H groups in total. The molecule has 0 radical (unpaired) electrons. The Morgan fingerprint density at radius 2 is 1.70 bits per heavy atom. The first-order valence-corrected chi connectivity index (χ1v) is 3.33. The lowest BCUT2D eigenvalue weighted by molar-refractivity contribution is 1.31. The Morgan fingerprint density at radius 1 is 1.20 bits per heavy atom. The summed E-state index contributed by atoms with van der Waals surface area (Å²) in [5.41, 5.74) is 1.23. The Bertz CT molecular complexity index is 192. The van der Waals surface area contributed by atoms with Gasteiger partial charge >= 0.3 is 0 Å². The molecule has 0 spiro atoms. The molecule has 0 heterocycles. The fourth-order valence-electron chi connectivity index (χ4n) is 0.563. The molecular formula is C9H10S. The van der Waals surface area contributed by atoms with Gasteiger partial charge in [0.15, 0.2) is 0 Å². The van der Waals surface area contributed by atoms with Crippen LogP contribution in [0.15, 0.2) is 29.2 Å². The van der Waals surface area contributed by atoms with Crippen LogP contribution in [0.2, 0.25) is 0 Å². The second kappa shape index (κ2) is 4.96. The number of rotatable bonds is 0. The highest BCUT2D eigenvalue weighted by atomic mass is 32.1. The van der Waals surface area contributed by atoms with Gasteiger partial charge in [0, 0.05) is 4.90 Å². The van der Waals surface area contributed by atoms with Gasteiger partial charge in [-0.15, -0.1) is 25.5 Å². The molecule has 52 valence electrons. The van der Waals surface area contributed by atoms with Crippen molar-refractivity contribution in [2.75, 3.05) is 0 Å². The molecule has 1 heteroatoms. The van der Waals surface area contributed by atoms with Crippen molar-refractivity contribution in [2.24, 2.45) is 0 Å².